The van der Waals surface area contributed by atoms with Gasteiger partial charge >= 0.3 is 0 Å². The molecular formula is C21H21N3O3. The van der Waals surface area contributed by atoms with Gasteiger partial charge in [0.2, 0.25) is 0 Å². The summed E-state index contributed by atoms with van der Waals surface area (Å²) in [5.74, 6) is 16.0. The van der Waals surface area contributed by atoms with E-state index >= 15 is 0 Å². The zero-order chi connectivity index (χ0) is 19.9. The minimum atomic E-state index is -1.10. The average molecular weight is 363 g/mol. The van der Waals surface area contributed by atoms with E-state index in [0.29, 0.717) is 17.0 Å². The number of hydrogen-bond acceptors (Lipinski definition) is 4. The molecule has 0 bridgehead atoms. The third-order valence-electron chi connectivity index (χ3n) is 3.79. The number of rotatable bonds is 4. The Morgan fingerprint density at radius 2 is 1.78 bits per heavy atom. The van der Waals surface area contributed by atoms with Crippen LogP contribution in [-0.2, 0) is 4.79 Å². The van der Waals surface area contributed by atoms with Gasteiger partial charge in [0.15, 0.2) is 0 Å². The van der Waals surface area contributed by atoms with Crippen molar-refractivity contribution in [3.8, 4) is 35.5 Å². The van der Waals surface area contributed by atoms with Crippen LogP contribution in [0.5, 0.6) is 0 Å². The molecule has 27 heavy (non-hydrogen) atoms. The molecule has 1 aliphatic carbocycles. The number of benzene rings is 1. The lowest BCUT2D eigenvalue weighted by Crippen LogP contribution is -2.61. The molecule has 0 radical (unpaired) electrons. The van der Waals surface area contributed by atoms with E-state index in [1.807, 2.05) is 0 Å². The van der Waals surface area contributed by atoms with Crippen molar-refractivity contribution in [3.63, 3.8) is 0 Å². The van der Waals surface area contributed by atoms with Gasteiger partial charge in [-0.05, 0) is 74.6 Å². The second kappa shape index (κ2) is 8.92. The lowest BCUT2D eigenvalue weighted by molar-refractivity contribution is -0.132. The largest absolute Gasteiger partial charge is 0.338 e. The minimum Gasteiger partial charge on any atom is -0.338 e. The maximum atomic E-state index is 12.3. The number of carbonyl (C=O) groups excluding carboxylic acids is 2. The van der Waals surface area contributed by atoms with Crippen LogP contribution < -0.4 is 16.5 Å². The standard InChI is InChI=1S/C21H21N3O3/c1-21(2,22)18(20(26)24-27)23-19(25)17-13-11-16(12-14-17)8-6-4-3-5-7-15-9-10-15/h11-15,18,27H,9-10,22H2,1-2H3,(H,23,25)(H,24,26)/t18-/m1/s1. The van der Waals surface area contributed by atoms with Crippen molar-refractivity contribution >= 4 is 11.8 Å². The lowest BCUT2D eigenvalue weighted by Gasteiger charge is -2.29. The first-order valence-electron chi connectivity index (χ1n) is 8.46. The molecule has 6 heteroatoms. The molecule has 0 heterocycles. The fourth-order valence-corrected chi connectivity index (χ4v) is 2.11. The Balaban J connectivity index is 2.00. The molecule has 0 aromatic heterocycles. The third kappa shape index (κ3) is 6.53. The lowest BCUT2D eigenvalue weighted by atomic mass is 9.95. The van der Waals surface area contributed by atoms with E-state index in [2.05, 4.69) is 40.8 Å². The Morgan fingerprint density at radius 1 is 1.15 bits per heavy atom. The van der Waals surface area contributed by atoms with Crippen LogP contribution in [0, 0.1) is 41.4 Å². The fraction of sp³-hybridized carbons (Fsp3) is 0.333. The van der Waals surface area contributed by atoms with E-state index in [4.69, 9.17) is 10.9 Å². The molecule has 5 N–H and O–H groups in total. The summed E-state index contributed by atoms with van der Waals surface area (Å²) >= 11 is 0. The molecule has 1 fully saturated rings. The topological polar surface area (TPSA) is 104 Å². The smallest absolute Gasteiger partial charge is 0.267 e. The summed E-state index contributed by atoms with van der Waals surface area (Å²) in [5, 5.41) is 11.3. The van der Waals surface area contributed by atoms with Crippen LogP contribution in [-0.4, -0.2) is 28.6 Å². The van der Waals surface area contributed by atoms with Gasteiger partial charge in [0, 0.05) is 22.6 Å². The second-order valence-corrected chi connectivity index (χ2v) is 6.82. The second-order valence-electron chi connectivity index (χ2n) is 6.82. The van der Waals surface area contributed by atoms with Crippen LogP contribution in [0.15, 0.2) is 24.3 Å². The maximum absolute atomic E-state index is 12.3. The van der Waals surface area contributed by atoms with E-state index in [1.165, 1.54) is 5.48 Å². The van der Waals surface area contributed by atoms with Gasteiger partial charge in [0.05, 0.1) is 0 Å². The third-order valence-corrected chi connectivity index (χ3v) is 3.79. The van der Waals surface area contributed by atoms with Gasteiger partial charge in [-0.3, -0.25) is 14.8 Å². The monoisotopic (exact) mass is 363 g/mol. The number of nitrogens with one attached hydrogen (secondary N) is 2. The molecule has 1 aromatic rings. The van der Waals surface area contributed by atoms with Crippen LogP contribution in [0.25, 0.3) is 0 Å². The van der Waals surface area contributed by atoms with Crippen LogP contribution in [0.4, 0.5) is 0 Å². The van der Waals surface area contributed by atoms with Gasteiger partial charge in [0.1, 0.15) is 6.04 Å². The van der Waals surface area contributed by atoms with Crippen molar-refractivity contribution < 1.29 is 14.8 Å². The highest BCUT2D eigenvalue weighted by Crippen LogP contribution is 2.27. The summed E-state index contributed by atoms with van der Waals surface area (Å²) in [4.78, 5) is 24.0. The van der Waals surface area contributed by atoms with Gasteiger partial charge in [-0.1, -0.05) is 11.8 Å². The summed E-state index contributed by atoms with van der Waals surface area (Å²) in [6.45, 7) is 3.14. The normalized spacial score (nSPS) is 13.5. The van der Waals surface area contributed by atoms with Crippen molar-refractivity contribution in [3.05, 3.63) is 35.4 Å². The minimum absolute atomic E-state index is 0.335. The zero-order valence-corrected chi connectivity index (χ0v) is 15.2. The highest BCUT2D eigenvalue weighted by Gasteiger charge is 2.33. The van der Waals surface area contributed by atoms with Crippen LogP contribution in [0.3, 0.4) is 0 Å². The van der Waals surface area contributed by atoms with Crippen molar-refractivity contribution in [1.82, 2.24) is 10.8 Å². The van der Waals surface area contributed by atoms with Crippen LogP contribution in [0.1, 0.15) is 42.6 Å². The molecule has 1 atom stereocenters. The number of nitrogens with two attached hydrogens (primary N) is 1. The molecule has 138 valence electrons. The molecule has 2 amide bonds. The molecule has 0 unspecified atom stereocenters. The predicted octanol–water partition coefficient (Wildman–Crippen LogP) is 0.796. The summed E-state index contributed by atoms with van der Waals surface area (Å²) in [7, 11) is 0. The zero-order valence-electron chi connectivity index (χ0n) is 15.2. The van der Waals surface area contributed by atoms with Gasteiger partial charge in [-0.2, -0.15) is 0 Å². The summed E-state index contributed by atoms with van der Waals surface area (Å²) in [6.07, 6.45) is 2.32. The summed E-state index contributed by atoms with van der Waals surface area (Å²) in [5.41, 5.74) is 7.37. The van der Waals surface area contributed by atoms with E-state index in [-0.39, 0.29) is 0 Å². The number of hydrogen-bond donors (Lipinski definition) is 4. The molecule has 0 saturated heterocycles. The Labute approximate surface area is 158 Å². The predicted molar refractivity (Wildman–Crippen MR) is 101 cm³/mol. The SMILES string of the molecule is CC(C)(N)[C@H](NC(=O)c1ccc(C#CC#CC#CC2CC2)cc1)C(=O)NO. The first-order valence-corrected chi connectivity index (χ1v) is 8.46. The molecule has 1 saturated carbocycles. The summed E-state index contributed by atoms with van der Waals surface area (Å²) < 4.78 is 0. The van der Waals surface area contributed by atoms with E-state index < -0.39 is 23.4 Å². The van der Waals surface area contributed by atoms with Crippen molar-refractivity contribution in [2.75, 3.05) is 0 Å². The van der Waals surface area contributed by atoms with E-state index in [9.17, 15) is 9.59 Å². The average Bonchev–Trinajstić information content (AvgIpc) is 3.45. The summed E-state index contributed by atoms with van der Waals surface area (Å²) in [6, 6.07) is 5.41. The fourth-order valence-electron chi connectivity index (χ4n) is 2.11. The molecule has 1 aliphatic rings. The first kappa shape index (κ1) is 20.1. The van der Waals surface area contributed by atoms with Gasteiger partial charge in [0.25, 0.3) is 11.8 Å². The quantitative estimate of drug-likeness (QED) is 0.361. The Hall–Kier alpha value is -3.24. The molecule has 1 aromatic carbocycles. The number of carbonyl (C=O) groups is 2. The molecule has 2 rings (SSSR count). The molecule has 0 aliphatic heterocycles. The Kier molecular flexibility index (Phi) is 6.63. The Morgan fingerprint density at radius 3 is 2.33 bits per heavy atom. The number of hydroxylamine groups is 1. The van der Waals surface area contributed by atoms with Crippen molar-refractivity contribution in [1.29, 1.82) is 0 Å². The van der Waals surface area contributed by atoms with Gasteiger partial charge < -0.3 is 11.1 Å². The molecule has 6 nitrogen and oxygen atoms in total. The number of amides is 2. The first-order chi connectivity index (χ1) is 12.8. The highest BCUT2D eigenvalue weighted by atomic mass is 16.5. The van der Waals surface area contributed by atoms with Crippen LogP contribution >= 0.6 is 0 Å². The maximum Gasteiger partial charge on any atom is 0.267 e. The van der Waals surface area contributed by atoms with Crippen molar-refractivity contribution in [2.45, 2.75) is 38.3 Å². The molecular weight excluding hydrogens is 342 g/mol. The molecule has 0 spiro atoms. The van der Waals surface area contributed by atoms with E-state index in [1.54, 1.807) is 38.1 Å². The van der Waals surface area contributed by atoms with Gasteiger partial charge in [-0.25, -0.2) is 5.48 Å². The van der Waals surface area contributed by atoms with E-state index in [0.717, 1.165) is 12.8 Å². The Bertz CT molecular complexity index is 890. The highest BCUT2D eigenvalue weighted by molar-refractivity contribution is 5.97. The van der Waals surface area contributed by atoms with Gasteiger partial charge in [-0.15, -0.1) is 0 Å². The van der Waals surface area contributed by atoms with Crippen LogP contribution in [0.2, 0.25) is 0 Å². The van der Waals surface area contributed by atoms with Crippen molar-refractivity contribution in [2.24, 2.45) is 11.7 Å².